The van der Waals surface area contributed by atoms with Gasteiger partial charge in [-0.1, -0.05) is 25.7 Å². The zero-order chi connectivity index (χ0) is 10.5. The fourth-order valence-electron chi connectivity index (χ4n) is 2.81. The lowest BCUT2D eigenvalue weighted by Crippen LogP contribution is -2.29. The number of hydrogen-bond donors (Lipinski definition) is 1. The van der Waals surface area contributed by atoms with Crippen molar-refractivity contribution in [2.75, 3.05) is 20.3 Å². The van der Waals surface area contributed by atoms with Crippen LogP contribution in [-0.2, 0) is 4.74 Å². The molecule has 2 nitrogen and oxygen atoms in total. The molecule has 2 rings (SSSR count). The molecule has 2 saturated carbocycles. The van der Waals surface area contributed by atoms with Crippen LogP contribution in [0.2, 0.25) is 0 Å². The predicted octanol–water partition coefficient (Wildman–Crippen LogP) is 2.58. The largest absolute Gasteiger partial charge is 0.385 e. The van der Waals surface area contributed by atoms with Gasteiger partial charge >= 0.3 is 0 Å². The van der Waals surface area contributed by atoms with E-state index in [4.69, 9.17) is 4.74 Å². The van der Waals surface area contributed by atoms with Crippen LogP contribution in [0, 0.1) is 11.8 Å². The Morgan fingerprint density at radius 1 is 1.20 bits per heavy atom. The molecule has 0 amide bonds. The summed E-state index contributed by atoms with van der Waals surface area (Å²) in [6.45, 7) is 2.17. The van der Waals surface area contributed by atoms with E-state index in [1.165, 1.54) is 51.5 Å². The first-order valence-electron chi connectivity index (χ1n) is 6.62. The number of methoxy groups -OCH3 is 1. The maximum Gasteiger partial charge on any atom is 0.0465 e. The van der Waals surface area contributed by atoms with Crippen LogP contribution in [0.1, 0.15) is 44.9 Å². The summed E-state index contributed by atoms with van der Waals surface area (Å²) < 4.78 is 5.23. The average molecular weight is 211 g/mol. The lowest BCUT2D eigenvalue weighted by Gasteiger charge is -2.23. The monoisotopic (exact) mass is 211 g/mol. The first-order chi connectivity index (χ1) is 7.40. The van der Waals surface area contributed by atoms with E-state index in [2.05, 4.69) is 5.32 Å². The molecule has 1 atom stereocenters. The van der Waals surface area contributed by atoms with Crippen molar-refractivity contribution < 1.29 is 4.74 Å². The third-order valence-corrected chi connectivity index (χ3v) is 4.01. The molecule has 0 aromatic rings. The number of hydrogen-bond acceptors (Lipinski definition) is 2. The Labute approximate surface area is 93.8 Å². The van der Waals surface area contributed by atoms with E-state index in [9.17, 15) is 0 Å². The molecule has 0 aromatic carbocycles. The zero-order valence-corrected chi connectivity index (χ0v) is 10.0. The van der Waals surface area contributed by atoms with Crippen LogP contribution in [-0.4, -0.2) is 26.3 Å². The van der Waals surface area contributed by atoms with Gasteiger partial charge in [0.25, 0.3) is 0 Å². The van der Waals surface area contributed by atoms with E-state index >= 15 is 0 Å². The Morgan fingerprint density at radius 3 is 2.53 bits per heavy atom. The molecule has 2 aliphatic rings. The number of rotatable bonds is 7. The second kappa shape index (κ2) is 5.86. The van der Waals surface area contributed by atoms with E-state index in [-0.39, 0.29) is 0 Å². The minimum Gasteiger partial charge on any atom is -0.385 e. The topological polar surface area (TPSA) is 21.3 Å². The fraction of sp³-hybridized carbons (Fsp3) is 1.00. The normalized spacial score (nSPS) is 24.6. The van der Waals surface area contributed by atoms with Gasteiger partial charge in [0.15, 0.2) is 0 Å². The van der Waals surface area contributed by atoms with Gasteiger partial charge in [-0.2, -0.15) is 0 Å². The summed E-state index contributed by atoms with van der Waals surface area (Å²) in [5, 5.41) is 3.69. The SMILES string of the molecule is COCCC(CNC1CC1)C1CCCC1. The summed E-state index contributed by atoms with van der Waals surface area (Å²) in [4.78, 5) is 0. The maximum atomic E-state index is 5.23. The van der Waals surface area contributed by atoms with E-state index in [1.54, 1.807) is 0 Å². The smallest absolute Gasteiger partial charge is 0.0465 e. The van der Waals surface area contributed by atoms with Crippen LogP contribution in [0.25, 0.3) is 0 Å². The molecule has 0 spiro atoms. The summed E-state index contributed by atoms with van der Waals surface area (Å²) in [7, 11) is 1.82. The molecular weight excluding hydrogens is 186 g/mol. The van der Waals surface area contributed by atoms with Crippen LogP contribution in [0.3, 0.4) is 0 Å². The Morgan fingerprint density at radius 2 is 1.93 bits per heavy atom. The second-order valence-corrected chi connectivity index (χ2v) is 5.27. The summed E-state index contributed by atoms with van der Waals surface area (Å²) in [6, 6.07) is 0.858. The van der Waals surface area contributed by atoms with Crippen molar-refractivity contribution in [3.05, 3.63) is 0 Å². The lowest BCUT2D eigenvalue weighted by atomic mass is 9.88. The Bertz CT molecular complexity index is 173. The molecule has 88 valence electrons. The van der Waals surface area contributed by atoms with Crippen molar-refractivity contribution in [2.45, 2.75) is 51.0 Å². The van der Waals surface area contributed by atoms with Crippen LogP contribution >= 0.6 is 0 Å². The predicted molar refractivity (Wildman–Crippen MR) is 63.0 cm³/mol. The minimum absolute atomic E-state index is 0.858. The molecule has 0 radical (unpaired) electrons. The fourth-order valence-corrected chi connectivity index (χ4v) is 2.81. The number of ether oxygens (including phenoxy) is 1. The highest BCUT2D eigenvalue weighted by atomic mass is 16.5. The van der Waals surface area contributed by atoms with Crippen LogP contribution in [0.15, 0.2) is 0 Å². The van der Waals surface area contributed by atoms with Gasteiger partial charge in [-0.05, 0) is 37.6 Å². The van der Waals surface area contributed by atoms with Crippen molar-refractivity contribution in [1.82, 2.24) is 5.32 Å². The quantitative estimate of drug-likeness (QED) is 0.699. The summed E-state index contributed by atoms with van der Waals surface area (Å²) in [5.41, 5.74) is 0. The zero-order valence-electron chi connectivity index (χ0n) is 10.0. The van der Waals surface area contributed by atoms with Crippen LogP contribution in [0.4, 0.5) is 0 Å². The number of nitrogens with one attached hydrogen (secondary N) is 1. The van der Waals surface area contributed by atoms with E-state index in [0.717, 1.165) is 24.5 Å². The highest BCUT2D eigenvalue weighted by Crippen LogP contribution is 2.33. The van der Waals surface area contributed by atoms with Gasteiger partial charge < -0.3 is 10.1 Å². The Kier molecular flexibility index (Phi) is 4.45. The van der Waals surface area contributed by atoms with E-state index in [1.807, 2.05) is 7.11 Å². The molecule has 0 heterocycles. The molecule has 2 fully saturated rings. The Hall–Kier alpha value is -0.0800. The van der Waals surface area contributed by atoms with E-state index < -0.39 is 0 Å². The second-order valence-electron chi connectivity index (χ2n) is 5.27. The molecule has 1 N–H and O–H groups in total. The molecule has 2 aliphatic carbocycles. The molecule has 0 aromatic heterocycles. The average Bonchev–Trinajstić information content (AvgIpc) is 2.92. The van der Waals surface area contributed by atoms with Crippen molar-refractivity contribution in [2.24, 2.45) is 11.8 Å². The minimum atomic E-state index is 0.858. The van der Waals surface area contributed by atoms with Crippen molar-refractivity contribution >= 4 is 0 Å². The van der Waals surface area contributed by atoms with Gasteiger partial charge in [-0.3, -0.25) is 0 Å². The third-order valence-electron chi connectivity index (χ3n) is 4.01. The maximum absolute atomic E-state index is 5.23. The van der Waals surface area contributed by atoms with Gasteiger partial charge in [0.1, 0.15) is 0 Å². The van der Waals surface area contributed by atoms with Crippen molar-refractivity contribution in [3.8, 4) is 0 Å². The van der Waals surface area contributed by atoms with Gasteiger partial charge in [0.2, 0.25) is 0 Å². The molecule has 0 saturated heterocycles. The lowest BCUT2D eigenvalue weighted by molar-refractivity contribution is 0.158. The summed E-state index contributed by atoms with van der Waals surface area (Å²) >= 11 is 0. The highest BCUT2D eigenvalue weighted by Gasteiger charge is 2.27. The van der Waals surface area contributed by atoms with Gasteiger partial charge in [-0.25, -0.2) is 0 Å². The van der Waals surface area contributed by atoms with Crippen LogP contribution < -0.4 is 5.32 Å². The van der Waals surface area contributed by atoms with Crippen molar-refractivity contribution in [1.29, 1.82) is 0 Å². The van der Waals surface area contributed by atoms with Gasteiger partial charge in [0.05, 0.1) is 0 Å². The first kappa shape index (κ1) is 11.4. The highest BCUT2D eigenvalue weighted by molar-refractivity contribution is 4.84. The Balaban J connectivity index is 1.71. The van der Waals surface area contributed by atoms with Gasteiger partial charge in [0, 0.05) is 19.8 Å². The van der Waals surface area contributed by atoms with Crippen molar-refractivity contribution in [3.63, 3.8) is 0 Å². The van der Waals surface area contributed by atoms with Crippen LogP contribution in [0.5, 0.6) is 0 Å². The molecule has 2 heteroatoms. The molecular formula is C13H25NO. The van der Waals surface area contributed by atoms with Gasteiger partial charge in [-0.15, -0.1) is 0 Å². The summed E-state index contributed by atoms with van der Waals surface area (Å²) in [6.07, 6.45) is 9.89. The molecule has 0 bridgehead atoms. The first-order valence-corrected chi connectivity index (χ1v) is 6.62. The van der Waals surface area contributed by atoms with E-state index in [0.29, 0.717) is 0 Å². The molecule has 15 heavy (non-hydrogen) atoms. The summed E-state index contributed by atoms with van der Waals surface area (Å²) in [5.74, 6) is 1.85. The molecule has 0 aliphatic heterocycles. The molecule has 1 unspecified atom stereocenters. The standard InChI is InChI=1S/C13H25NO/c1-15-9-8-12(10-14-13-6-7-13)11-4-2-3-5-11/h11-14H,2-10H2,1H3. The third kappa shape index (κ3) is 3.76.